The van der Waals surface area contributed by atoms with E-state index in [1.165, 1.54) is 18.4 Å². The van der Waals surface area contributed by atoms with Crippen LogP contribution < -0.4 is 0 Å². The first-order chi connectivity index (χ1) is 12.7. The van der Waals surface area contributed by atoms with Gasteiger partial charge in [0.15, 0.2) is 12.0 Å². The lowest BCUT2D eigenvalue weighted by atomic mass is 9.72. The molecule has 1 aromatic heterocycles. The van der Waals surface area contributed by atoms with Crippen molar-refractivity contribution in [2.75, 3.05) is 0 Å². The van der Waals surface area contributed by atoms with Gasteiger partial charge >= 0.3 is 0 Å². The Hall–Kier alpha value is -2.17. The summed E-state index contributed by atoms with van der Waals surface area (Å²) in [5.74, 6) is 0. The van der Waals surface area contributed by atoms with Crippen LogP contribution in [0.5, 0.6) is 0 Å². The molecule has 4 heteroatoms. The van der Waals surface area contributed by atoms with Crippen molar-refractivity contribution >= 4 is 11.1 Å². The van der Waals surface area contributed by atoms with Crippen LogP contribution in [0.1, 0.15) is 43.2 Å². The molecule has 0 spiro atoms. The van der Waals surface area contributed by atoms with E-state index in [0.29, 0.717) is 12.1 Å². The number of hydrogen-bond donors (Lipinski definition) is 1. The molecule has 2 unspecified atom stereocenters. The Morgan fingerprint density at radius 1 is 1.08 bits per heavy atom. The zero-order valence-electron chi connectivity index (χ0n) is 14.8. The third-order valence-electron chi connectivity index (χ3n) is 6.24. The van der Waals surface area contributed by atoms with Gasteiger partial charge in [0.25, 0.3) is 0 Å². The third kappa shape index (κ3) is 2.74. The predicted octanol–water partition coefficient (Wildman–Crippen LogP) is 4.23. The van der Waals surface area contributed by atoms with E-state index in [2.05, 4.69) is 40.2 Å². The lowest BCUT2D eigenvalue weighted by Crippen LogP contribution is -2.56. The van der Waals surface area contributed by atoms with Gasteiger partial charge in [-0.15, -0.1) is 0 Å². The molecular formula is C22H24N2O2. The Morgan fingerprint density at radius 2 is 1.85 bits per heavy atom. The first kappa shape index (κ1) is 16.0. The minimum atomic E-state index is -0.768. The van der Waals surface area contributed by atoms with Crippen molar-refractivity contribution in [3.05, 3.63) is 66.1 Å². The molecule has 26 heavy (non-hydrogen) atoms. The largest absolute Gasteiger partial charge is 0.443 e. The second-order valence-corrected chi connectivity index (χ2v) is 7.87. The zero-order chi connectivity index (χ0) is 17.6. The maximum absolute atomic E-state index is 11.5. The first-order valence-corrected chi connectivity index (χ1v) is 9.57. The van der Waals surface area contributed by atoms with Crippen LogP contribution in [-0.2, 0) is 12.1 Å². The third-order valence-corrected chi connectivity index (χ3v) is 6.24. The molecule has 2 bridgehead atoms. The Labute approximate surface area is 153 Å². The molecule has 2 atom stereocenters. The summed E-state index contributed by atoms with van der Waals surface area (Å²) >= 11 is 0. The fourth-order valence-corrected chi connectivity index (χ4v) is 4.96. The minimum absolute atomic E-state index is 0.431. The number of hydrogen-bond acceptors (Lipinski definition) is 4. The highest BCUT2D eigenvalue weighted by Crippen LogP contribution is 2.45. The zero-order valence-corrected chi connectivity index (χ0v) is 14.8. The van der Waals surface area contributed by atoms with E-state index in [1.54, 1.807) is 0 Å². The SMILES string of the molecule is OC1(c2ccc3ocnc3c2)CC2CCCC(C1)N2Cc1ccccc1. The molecule has 3 heterocycles. The molecule has 3 aromatic rings. The van der Waals surface area contributed by atoms with Gasteiger partial charge in [-0.05, 0) is 48.9 Å². The second-order valence-electron chi connectivity index (χ2n) is 7.87. The lowest BCUT2D eigenvalue weighted by Gasteiger charge is -2.52. The molecule has 2 aromatic carbocycles. The van der Waals surface area contributed by atoms with E-state index in [4.69, 9.17) is 4.42 Å². The summed E-state index contributed by atoms with van der Waals surface area (Å²) in [6.45, 7) is 0.981. The number of piperidine rings is 2. The molecule has 2 aliphatic rings. The number of benzene rings is 2. The number of oxazole rings is 1. The Kier molecular flexibility index (Phi) is 3.84. The normalized spacial score (nSPS) is 29.1. The summed E-state index contributed by atoms with van der Waals surface area (Å²) in [5, 5.41) is 11.5. The maximum atomic E-state index is 11.5. The summed E-state index contributed by atoms with van der Waals surface area (Å²) < 4.78 is 5.35. The monoisotopic (exact) mass is 348 g/mol. The average molecular weight is 348 g/mol. The molecule has 2 fully saturated rings. The van der Waals surface area contributed by atoms with Gasteiger partial charge < -0.3 is 9.52 Å². The predicted molar refractivity (Wildman–Crippen MR) is 101 cm³/mol. The quantitative estimate of drug-likeness (QED) is 0.769. The van der Waals surface area contributed by atoms with Gasteiger partial charge in [-0.1, -0.05) is 42.8 Å². The average Bonchev–Trinajstić information content (AvgIpc) is 3.11. The van der Waals surface area contributed by atoms with E-state index in [9.17, 15) is 5.11 Å². The van der Waals surface area contributed by atoms with Crippen molar-refractivity contribution in [2.45, 2.75) is 56.3 Å². The van der Waals surface area contributed by atoms with E-state index in [1.807, 2.05) is 18.2 Å². The minimum Gasteiger partial charge on any atom is -0.443 e. The van der Waals surface area contributed by atoms with Crippen molar-refractivity contribution < 1.29 is 9.52 Å². The highest BCUT2D eigenvalue weighted by atomic mass is 16.3. The highest BCUT2D eigenvalue weighted by molar-refractivity contribution is 5.73. The first-order valence-electron chi connectivity index (χ1n) is 9.57. The van der Waals surface area contributed by atoms with E-state index in [-0.39, 0.29) is 0 Å². The molecule has 0 saturated carbocycles. The van der Waals surface area contributed by atoms with Crippen molar-refractivity contribution in [3.8, 4) is 0 Å². The van der Waals surface area contributed by atoms with Crippen LogP contribution in [0.4, 0.5) is 0 Å². The Bertz CT molecular complexity index is 891. The van der Waals surface area contributed by atoms with Gasteiger partial charge in [0, 0.05) is 18.6 Å². The topological polar surface area (TPSA) is 49.5 Å². The van der Waals surface area contributed by atoms with Crippen LogP contribution in [0.2, 0.25) is 0 Å². The molecule has 5 rings (SSSR count). The molecule has 1 N–H and O–H groups in total. The molecule has 0 aliphatic carbocycles. The van der Waals surface area contributed by atoms with E-state index < -0.39 is 5.60 Å². The van der Waals surface area contributed by atoms with Gasteiger partial charge in [-0.2, -0.15) is 0 Å². The van der Waals surface area contributed by atoms with Crippen LogP contribution in [-0.4, -0.2) is 27.1 Å². The summed E-state index contributed by atoms with van der Waals surface area (Å²) in [6, 6.07) is 17.5. The number of aromatic nitrogens is 1. The van der Waals surface area contributed by atoms with Gasteiger partial charge in [0.2, 0.25) is 0 Å². The molecular weight excluding hydrogens is 324 g/mol. The molecule has 134 valence electrons. The highest BCUT2D eigenvalue weighted by Gasteiger charge is 2.46. The number of fused-ring (bicyclic) bond motifs is 3. The summed E-state index contributed by atoms with van der Waals surface area (Å²) in [4.78, 5) is 6.89. The molecule has 0 radical (unpaired) electrons. The van der Waals surface area contributed by atoms with Crippen molar-refractivity contribution in [2.24, 2.45) is 0 Å². The van der Waals surface area contributed by atoms with Gasteiger partial charge in [-0.25, -0.2) is 4.98 Å². The van der Waals surface area contributed by atoms with Gasteiger partial charge in [0.05, 0.1) is 5.60 Å². The fourth-order valence-electron chi connectivity index (χ4n) is 4.96. The summed E-state index contributed by atoms with van der Waals surface area (Å²) in [5.41, 5.74) is 3.18. The number of nitrogens with zero attached hydrogens (tertiary/aromatic N) is 2. The van der Waals surface area contributed by atoms with E-state index >= 15 is 0 Å². The lowest BCUT2D eigenvalue weighted by molar-refractivity contribution is -0.0998. The van der Waals surface area contributed by atoms with Crippen molar-refractivity contribution in [3.63, 3.8) is 0 Å². The van der Waals surface area contributed by atoms with E-state index in [0.717, 1.165) is 48.9 Å². The molecule has 4 nitrogen and oxygen atoms in total. The smallest absolute Gasteiger partial charge is 0.181 e. The number of rotatable bonds is 3. The van der Waals surface area contributed by atoms with Crippen LogP contribution in [0, 0.1) is 0 Å². The van der Waals surface area contributed by atoms with Crippen LogP contribution in [0.25, 0.3) is 11.1 Å². The van der Waals surface area contributed by atoms with Gasteiger partial charge in [0.1, 0.15) is 5.52 Å². The summed E-state index contributed by atoms with van der Waals surface area (Å²) in [6.07, 6.45) is 6.64. The van der Waals surface area contributed by atoms with Crippen LogP contribution >= 0.6 is 0 Å². The molecule has 0 amide bonds. The number of aliphatic hydroxyl groups is 1. The molecule has 2 aliphatic heterocycles. The van der Waals surface area contributed by atoms with Crippen molar-refractivity contribution in [1.29, 1.82) is 0 Å². The fraction of sp³-hybridized carbons (Fsp3) is 0.409. The maximum Gasteiger partial charge on any atom is 0.181 e. The Morgan fingerprint density at radius 3 is 2.62 bits per heavy atom. The second kappa shape index (κ2) is 6.22. The Balaban J connectivity index is 1.43. The molecule has 2 saturated heterocycles. The van der Waals surface area contributed by atoms with Crippen LogP contribution in [0.15, 0.2) is 59.3 Å². The standard InChI is InChI=1S/C22H24N2O2/c25-22(17-9-10-21-20(11-17)23-15-26-21)12-18-7-4-8-19(13-22)24(18)14-16-5-2-1-3-6-16/h1-3,5-6,9-11,15,18-19,25H,4,7-8,12-14H2. The van der Waals surface area contributed by atoms with Gasteiger partial charge in [-0.3, -0.25) is 4.90 Å². The summed E-state index contributed by atoms with van der Waals surface area (Å²) in [7, 11) is 0. The van der Waals surface area contributed by atoms with Crippen molar-refractivity contribution in [1.82, 2.24) is 9.88 Å². The van der Waals surface area contributed by atoms with Crippen LogP contribution in [0.3, 0.4) is 0 Å².